The number of rotatable bonds is 5. The number of pyridine rings is 1. The Morgan fingerprint density at radius 3 is 2.63 bits per heavy atom. The van der Waals surface area contributed by atoms with Crippen molar-refractivity contribution in [3.05, 3.63) is 103 Å². The summed E-state index contributed by atoms with van der Waals surface area (Å²) < 4.78 is 32.4. The van der Waals surface area contributed by atoms with Gasteiger partial charge in [-0.2, -0.15) is 15.3 Å². The van der Waals surface area contributed by atoms with Gasteiger partial charge in [0, 0.05) is 35.9 Å². The van der Waals surface area contributed by atoms with Crippen LogP contribution in [-0.4, -0.2) is 28.9 Å². The van der Waals surface area contributed by atoms with Crippen molar-refractivity contribution in [1.82, 2.24) is 28.9 Å². The molecule has 0 fully saturated rings. The summed E-state index contributed by atoms with van der Waals surface area (Å²) in [5, 5.41) is 16.7. The Morgan fingerprint density at radius 2 is 1.89 bits per heavy atom. The Morgan fingerprint density at radius 1 is 1.11 bits per heavy atom. The van der Waals surface area contributed by atoms with Crippen LogP contribution in [0.4, 0.5) is 20.4 Å². The van der Waals surface area contributed by atoms with Gasteiger partial charge in [0.25, 0.3) is 0 Å². The van der Waals surface area contributed by atoms with Crippen LogP contribution in [-0.2, 0) is 13.6 Å². The summed E-state index contributed by atoms with van der Waals surface area (Å²) in [7, 11) is 1.69. The first-order valence-electron chi connectivity index (χ1n) is 11.1. The molecule has 13 heteroatoms. The van der Waals surface area contributed by atoms with Crippen LogP contribution >= 0.6 is 11.6 Å². The highest BCUT2D eigenvalue weighted by molar-refractivity contribution is 6.31. The topological polar surface area (TPSA) is 123 Å². The van der Waals surface area contributed by atoms with Gasteiger partial charge in [-0.15, -0.1) is 0 Å². The Hall–Kier alpha value is -4.89. The fraction of sp³-hybridized carbons (Fsp3) is 0.120. The zero-order valence-electron chi connectivity index (χ0n) is 19.9. The molecule has 0 unspecified atom stereocenters. The predicted molar refractivity (Wildman–Crippen MR) is 136 cm³/mol. The standard InChI is InChI=1S/C25H17ClF2N8O2/c1-13-3-17(10-30-9-13)36-24(37)32-23(31-22-5-16-11-34(2)33-21(16)7-20(22)28)35(25(36)38)12-15-4-14(8-29)19(27)6-18(15)26/h3-7,9-11H,12H2,1-2H3,(H,31,32,37). The van der Waals surface area contributed by atoms with E-state index in [1.165, 1.54) is 29.1 Å². The Balaban J connectivity index is 1.71. The van der Waals surface area contributed by atoms with Crippen LogP contribution in [0.1, 0.15) is 16.7 Å². The number of anilines is 2. The molecule has 5 rings (SSSR count). The number of fused-ring (bicyclic) bond motifs is 1. The number of nitriles is 1. The van der Waals surface area contributed by atoms with Crippen molar-refractivity contribution in [1.29, 1.82) is 5.26 Å². The first kappa shape index (κ1) is 24.8. The summed E-state index contributed by atoms with van der Waals surface area (Å²) >= 11 is 6.22. The number of halogens is 3. The molecule has 190 valence electrons. The average Bonchev–Trinajstić information content (AvgIpc) is 3.21. The summed E-state index contributed by atoms with van der Waals surface area (Å²) in [5.74, 6) is -1.82. The van der Waals surface area contributed by atoms with Gasteiger partial charge in [0.15, 0.2) is 0 Å². The number of aromatic nitrogens is 6. The van der Waals surface area contributed by atoms with Gasteiger partial charge in [0.2, 0.25) is 5.95 Å². The SMILES string of the molecule is Cc1cncc(-n2c(=O)nc(Nc3cc4cn(C)nc4cc3F)n(Cc3cc(C#N)c(F)cc3Cl)c2=O)c1. The summed E-state index contributed by atoms with van der Waals surface area (Å²) in [6.07, 6.45) is 4.55. The zero-order chi connectivity index (χ0) is 27.1. The molecule has 0 saturated heterocycles. The molecule has 0 saturated carbocycles. The van der Waals surface area contributed by atoms with Crippen molar-refractivity contribution in [3.63, 3.8) is 0 Å². The number of nitrogens with one attached hydrogen (secondary N) is 1. The molecule has 10 nitrogen and oxygen atoms in total. The highest BCUT2D eigenvalue weighted by atomic mass is 35.5. The van der Waals surface area contributed by atoms with Crippen molar-refractivity contribution >= 4 is 34.1 Å². The van der Waals surface area contributed by atoms with E-state index >= 15 is 0 Å². The highest BCUT2D eigenvalue weighted by Crippen LogP contribution is 2.26. The van der Waals surface area contributed by atoms with Gasteiger partial charge in [-0.3, -0.25) is 14.2 Å². The first-order valence-corrected chi connectivity index (χ1v) is 11.5. The lowest BCUT2D eigenvalue weighted by Crippen LogP contribution is -2.42. The second-order valence-electron chi connectivity index (χ2n) is 8.50. The van der Waals surface area contributed by atoms with E-state index in [1.807, 2.05) is 0 Å². The van der Waals surface area contributed by atoms with Crippen molar-refractivity contribution in [2.24, 2.45) is 7.05 Å². The number of aryl methyl sites for hydroxylation is 2. The lowest BCUT2D eigenvalue weighted by Gasteiger charge is -2.17. The molecule has 3 aromatic heterocycles. The summed E-state index contributed by atoms with van der Waals surface area (Å²) in [4.78, 5) is 34.7. The molecule has 1 N–H and O–H groups in total. The van der Waals surface area contributed by atoms with Crippen LogP contribution in [0.3, 0.4) is 0 Å². The normalized spacial score (nSPS) is 11.1. The maximum Gasteiger partial charge on any atom is 0.359 e. The van der Waals surface area contributed by atoms with Gasteiger partial charge in [0.05, 0.1) is 35.2 Å². The fourth-order valence-corrected chi connectivity index (χ4v) is 4.18. The van der Waals surface area contributed by atoms with Crippen LogP contribution in [0.25, 0.3) is 16.6 Å². The van der Waals surface area contributed by atoms with Gasteiger partial charge in [-0.1, -0.05) is 11.6 Å². The fourth-order valence-electron chi connectivity index (χ4n) is 3.97. The minimum atomic E-state index is -0.938. The molecule has 38 heavy (non-hydrogen) atoms. The van der Waals surface area contributed by atoms with Crippen molar-refractivity contribution < 1.29 is 8.78 Å². The van der Waals surface area contributed by atoms with Crippen molar-refractivity contribution in [2.45, 2.75) is 13.5 Å². The molecule has 0 aliphatic rings. The second-order valence-corrected chi connectivity index (χ2v) is 8.90. The summed E-state index contributed by atoms with van der Waals surface area (Å²) in [6.45, 7) is 1.42. The van der Waals surface area contributed by atoms with Crippen molar-refractivity contribution in [3.8, 4) is 11.8 Å². The van der Waals surface area contributed by atoms with E-state index in [4.69, 9.17) is 11.6 Å². The van der Waals surface area contributed by atoms with Crippen LogP contribution in [0.2, 0.25) is 5.02 Å². The minimum absolute atomic E-state index is 0.0581. The lowest BCUT2D eigenvalue weighted by atomic mass is 10.1. The molecule has 0 aliphatic heterocycles. The second kappa shape index (κ2) is 9.53. The monoisotopic (exact) mass is 534 g/mol. The van der Waals surface area contributed by atoms with Crippen LogP contribution in [0.5, 0.6) is 0 Å². The molecular weight excluding hydrogens is 518 g/mol. The Kier molecular flexibility index (Phi) is 6.22. The maximum atomic E-state index is 15.0. The van der Waals surface area contributed by atoms with E-state index in [2.05, 4.69) is 20.4 Å². The van der Waals surface area contributed by atoms with E-state index < -0.39 is 23.0 Å². The zero-order valence-corrected chi connectivity index (χ0v) is 20.7. The van der Waals surface area contributed by atoms with Crippen LogP contribution in [0, 0.1) is 29.9 Å². The smallest absolute Gasteiger partial charge is 0.323 e. The van der Waals surface area contributed by atoms with Crippen molar-refractivity contribution in [2.75, 3.05) is 5.32 Å². The van der Waals surface area contributed by atoms with Gasteiger partial charge in [-0.05, 0) is 42.3 Å². The number of nitrogens with zero attached hydrogens (tertiary/aromatic N) is 7. The van der Waals surface area contributed by atoms with Gasteiger partial charge in [-0.25, -0.2) is 22.9 Å². The predicted octanol–water partition coefficient (Wildman–Crippen LogP) is 3.58. The quantitative estimate of drug-likeness (QED) is 0.365. The number of hydrogen-bond acceptors (Lipinski definition) is 7. The molecular formula is C25H17ClF2N8O2. The number of hydrogen-bond donors (Lipinski definition) is 1. The van der Waals surface area contributed by atoms with Gasteiger partial charge in [0.1, 0.15) is 17.7 Å². The molecule has 0 atom stereocenters. The summed E-state index contributed by atoms with van der Waals surface area (Å²) in [5.41, 5.74) is -0.674. The van der Waals surface area contributed by atoms with E-state index in [9.17, 15) is 23.6 Å². The third-order valence-corrected chi connectivity index (χ3v) is 6.08. The molecule has 0 radical (unpaired) electrons. The largest absolute Gasteiger partial charge is 0.359 e. The van der Waals surface area contributed by atoms with E-state index in [0.717, 1.165) is 15.2 Å². The maximum absolute atomic E-state index is 15.0. The number of benzene rings is 2. The highest BCUT2D eigenvalue weighted by Gasteiger charge is 2.19. The van der Waals surface area contributed by atoms with E-state index in [-0.39, 0.29) is 40.0 Å². The third kappa shape index (κ3) is 4.51. The lowest BCUT2D eigenvalue weighted by molar-refractivity contribution is 0.618. The first-order chi connectivity index (χ1) is 18.1. The van der Waals surface area contributed by atoms with E-state index in [1.54, 1.807) is 38.5 Å². The average molecular weight is 535 g/mol. The Bertz CT molecular complexity index is 1910. The van der Waals surface area contributed by atoms with Gasteiger partial charge < -0.3 is 5.32 Å². The third-order valence-electron chi connectivity index (χ3n) is 5.73. The summed E-state index contributed by atoms with van der Waals surface area (Å²) in [6, 6.07) is 8.11. The minimum Gasteiger partial charge on any atom is -0.323 e. The molecule has 0 amide bonds. The molecule has 3 heterocycles. The molecule has 0 bridgehead atoms. The Labute approximate surface area is 218 Å². The molecule has 2 aromatic carbocycles. The van der Waals surface area contributed by atoms with Crippen LogP contribution in [0.15, 0.2) is 58.5 Å². The van der Waals surface area contributed by atoms with Gasteiger partial charge >= 0.3 is 11.4 Å². The molecule has 0 aliphatic carbocycles. The van der Waals surface area contributed by atoms with Crippen LogP contribution < -0.4 is 16.7 Å². The molecule has 0 spiro atoms. The molecule has 5 aromatic rings. The van der Waals surface area contributed by atoms with E-state index in [0.29, 0.717) is 16.5 Å².